The number of rotatable bonds is 12. The summed E-state index contributed by atoms with van der Waals surface area (Å²) in [5, 5.41) is 0. The monoisotopic (exact) mass is 490 g/mol. The predicted octanol–water partition coefficient (Wildman–Crippen LogP) is 7.55. The van der Waals surface area contributed by atoms with Crippen LogP contribution in [0.1, 0.15) is 58.5 Å². The molecule has 0 aliphatic rings. The highest BCUT2D eigenvalue weighted by Crippen LogP contribution is 2.34. The van der Waals surface area contributed by atoms with Crippen LogP contribution in [0.4, 0.5) is 0 Å². The first kappa shape index (κ1) is 26.2. The number of carbonyl (C=O) groups excluding carboxylic acids is 2. The molecule has 0 spiro atoms. The van der Waals surface area contributed by atoms with Crippen molar-refractivity contribution >= 4 is 11.6 Å². The van der Waals surface area contributed by atoms with Gasteiger partial charge in [0.25, 0.3) is 0 Å². The number of ether oxygens (including phenoxy) is 1. The van der Waals surface area contributed by atoms with Gasteiger partial charge in [0.2, 0.25) is 0 Å². The van der Waals surface area contributed by atoms with Crippen molar-refractivity contribution in [1.29, 1.82) is 0 Å². The zero-order valence-corrected chi connectivity index (χ0v) is 21.6. The fourth-order valence-electron chi connectivity index (χ4n) is 4.76. The standard InChI is InChI=1S/C34H34O3/c1-33(25-23-27-15-7-3-8-16-27,31(35)29-19-11-5-12-20-29)37-34(2,26-24-28-17-9-4-10-18-28)32(36)30-21-13-6-14-22-30/h3-22H,23-26H2,1-2H3. The third-order valence-electron chi connectivity index (χ3n) is 6.95. The Morgan fingerprint density at radius 2 is 0.811 bits per heavy atom. The van der Waals surface area contributed by atoms with Gasteiger partial charge in [-0.1, -0.05) is 121 Å². The molecule has 0 saturated heterocycles. The Balaban J connectivity index is 1.69. The number of aryl methyl sites for hydroxylation is 2. The van der Waals surface area contributed by atoms with Crippen molar-refractivity contribution in [2.75, 3.05) is 0 Å². The Kier molecular flexibility index (Phi) is 8.47. The van der Waals surface area contributed by atoms with E-state index in [-0.39, 0.29) is 11.6 Å². The van der Waals surface area contributed by atoms with Gasteiger partial charge in [0.1, 0.15) is 11.2 Å². The fraction of sp³-hybridized carbons (Fsp3) is 0.235. The molecule has 4 aromatic rings. The van der Waals surface area contributed by atoms with E-state index >= 15 is 0 Å². The zero-order chi connectivity index (χ0) is 26.1. The van der Waals surface area contributed by atoms with Crippen molar-refractivity contribution < 1.29 is 14.3 Å². The van der Waals surface area contributed by atoms with Gasteiger partial charge in [-0.2, -0.15) is 0 Å². The van der Waals surface area contributed by atoms with E-state index in [0.29, 0.717) is 36.8 Å². The maximum Gasteiger partial charge on any atom is 0.194 e. The normalized spacial score (nSPS) is 14.3. The molecule has 2 atom stereocenters. The number of hydrogen-bond acceptors (Lipinski definition) is 3. The number of ketones is 2. The summed E-state index contributed by atoms with van der Waals surface area (Å²) in [6.07, 6.45) is 2.22. The Bertz CT molecular complexity index is 1180. The molecule has 4 rings (SSSR count). The molecule has 0 radical (unpaired) electrons. The highest BCUT2D eigenvalue weighted by molar-refractivity contribution is 6.04. The minimum absolute atomic E-state index is 0.115. The van der Waals surface area contributed by atoms with E-state index in [2.05, 4.69) is 24.3 Å². The summed E-state index contributed by atoms with van der Waals surface area (Å²) < 4.78 is 6.80. The molecule has 0 aliphatic carbocycles. The van der Waals surface area contributed by atoms with Crippen molar-refractivity contribution in [3.8, 4) is 0 Å². The molecule has 37 heavy (non-hydrogen) atoms. The highest BCUT2D eigenvalue weighted by atomic mass is 16.5. The molecule has 0 saturated carbocycles. The molecule has 0 fully saturated rings. The van der Waals surface area contributed by atoms with Crippen LogP contribution >= 0.6 is 0 Å². The van der Waals surface area contributed by atoms with Gasteiger partial charge in [0.15, 0.2) is 11.6 Å². The summed E-state index contributed by atoms with van der Waals surface area (Å²) in [7, 11) is 0. The van der Waals surface area contributed by atoms with Crippen LogP contribution in [0.2, 0.25) is 0 Å². The Morgan fingerprint density at radius 3 is 1.14 bits per heavy atom. The largest absolute Gasteiger partial charge is 0.353 e. The quantitative estimate of drug-likeness (QED) is 0.193. The van der Waals surface area contributed by atoms with Crippen molar-refractivity contribution in [2.24, 2.45) is 0 Å². The summed E-state index contributed by atoms with van der Waals surface area (Å²) in [5.74, 6) is -0.230. The lowest BCUT2D eigenvalue weighted by Crippen LogP contribution is -2.51. The van der Waals surface area contributed by atoms with Crippen LogP contribution in [0.3, 0.4) is 0 Å². The van der Waals surface area contributed by atoms with Crippen LogP contribution < -0.4 is 0 Å². The number of carbonyl (C=O) groups is 2. The summed E-state index contributed by atoms with van der Waals surface area (Å²) in [6, 6.07) is 38.6. The fourth-order valence-corrected chi connectivity index (χ4v) is 4.76. The van der Waals surface area contributed by atoms with Gasteiger partial charge in [-0.25, -0.2) is 0 Å². The molecule has 188 valence electrons. The van der Waals surface area contributed by atoms with E-state index in [9.17, 15) is 9.59 Å². The second-order valence-corrected chi connectivity index (χ2v) is 9.93. The third kappa shape index (κ3) is 6.69. The van der Waals surface area contributed by atoms with Crippen LogP contribution in [0, 0.1) is 0 Å². The Labute approximate surface area is 220 Å². The minimum Gasteiger partial charge on any atom is -0.353 e. The first-order valence-corrected chi connectivity index (χ1v) is 12.9. The van der Waals surface area contributed by atoms with Crippen LogP contribution in [0.15, 0.2) is 121 Å². The molecule has 0 N–H and O–H groups in total. The first-order chi connectivity index (χ1) is 17.9. The van der Waals surface area contributed by atoms with E-state index in [1.54, 1.807) is 0 Å². The van der Waals surface area contributed by atoms with Gasteiger partial charge in [-0.05, 0) is 50.7 Å². The molecule has 3 heteroatoms. The van der Waals surface area contributed by atoms with Crippen molar-refractivity contribution in [3.05, 3.63) is 144 Å². The smallest absolute Gasteiger partial charge is 0.194 e. The Morgan fingerprint density at radius 1 is 0.514 bits per heavy atom. The predicted molar refractivity (Wildman–Crippen MR) is 149 cm³/mol. The summed E-state index contributed by atoms with van der Waals surface area (Å²) in [5.41, 5.74) is 1.00. The average molecular weight is 491 g/mol. The van der Waals surface area contributed by atoms with Crippen LogP contribution in [0.25, 0.3) is 0 Å². The van der Waals surface area contributed by atoms with E-state index in [0.717, 1.165) is 11.1 Å². The second-order valence-electron chi connectivity index (χ2n) is 9.93. The zero-order valence-electron chi connectivity index (χ0n) is 21.6. The minimum atomic E-state index is -1.20. The van der Waals surface area contributed by atoms with E-state index < -0.39 is 11.2 Å². The molecule has 0 heterocycles. The molecule has 3 nitrogen and oxygen atoms in total. The summed E-state index contributed by atoms with van der Waals surface area (Å²) >= 11 is 0. The van der Waals surface area contributed by atoms with E-state index in [1.165, 1.54) is 0 Å². The highest BCUT2D eigenvalue weighted by Gasteiger charge is 2.45. The van der Waals surface area contributed by atoms with Crippen molar-refractivity contribution in [2.45, 2.75) is 50.7 Å². The molecule has 0 bridgehead atoms. The molecular weight excluding hydrogens is 456 g/mol. The molecule has 2 unspecified atom stereocenters. The van der Waals surface area contributed by atoms with E-state index in [4.69, 9.17) is 4.74 Å². The van der Waals surface area contributed by atoms with Crippen LogP contribution in [0.5, 0.6) is 0 Å². The van der Waals surface area contributed by atoms with Crippen molar-refractivity contribution in [1.82, 2.24) is 0 Å². The van der Waals surface area contributed by atoms with E-state index in [1.807, 2.05) is 111 Å². The van der Waals surface area contributed by atoms with Gasteiger partial charge >= 0.3 is 0 Å². The maximum atomic E-state index is 14.0. The van der Waals surface area contributed by atoms with Crippen LogP contribution in [-0.2, 0) is 17.6 Å². The third-order valence-corrected chi connectivity index (χ3v) is 6.95. The topological polar surface area (TPSA) is 43.4 Å². The molecule has 0 aromatic heterocycles. The van der Waals surface area contributed by atoms with Gasteiger partial charge < -0.3 is 4.74 Å². The number of hydrogen-bond donors (Lipinski definition) is 0. The van der Waals surface area contributed by atoms with Gasteiger partial charge in [-0.3, -0.25) is 9.59 Å². The molecule has 0 amide bonds. The summed E-state index contributed by atoms with van der Waals surface area (Å²) in [4.78, 5) is 27.9. The molecular formula is C34H34O3. The number of benzene rings is 4. The van der Waals surface area contributed by atoms with Gasteiger partial charge in [-0.15, -0.1) is 0 Å². The van der Waals surface area contributed by atoms with Gasteiger partial charge in [0.05, 0.1) is 0 Å². The first-order valence-electron chi connectivity index (χ1n) is 12.9. The number of Topliss-reactive ketones (excluding diaryl/α,β-unsaturated/α-hetero) is 2. The Hall–Kier alpha value is -3.82. The van der Waals surface area contributed by atoms with Gasteiger partial charge in [0, 0.05) is 11.1 Å². The SMILES string of the molecule is CC(CCc1ccccc1)(OC(C)(CCc1ccccc1)C(=O)c1ccccc1)C(=O)c1ccccc1. The molecule has 4 aromatic carbocycles. The summed E-state index contributed by atoms with van der Waals surface area (Å²) in [6.45, 7) is 3.68. The lowest BCUT2D eigenvalue weighted by molar-refractivity contribution is -0.103. The van der Waals surface area contributed by atoms with Crippen LogP contribution in [-0.4, -0.2) is 22.8 Å². The maximum absolute atomic E-state index is 14.0. The van der Waals surface area contributed by atoms with Crippen molar-refractivity contribution in [3.63, 3.8) is 0 Å². The lowest BCUT2D eigenvalue weighted by Gasteiger charge is -2.39. The lowest BCUT2D eigenvalue weighted by atomic mass is 9.84. The molecule has 0 aliphatic heterocycles. The average Bonchev–Trinajstić information content (AvgIpc) is 2.96. The second kappa shape index (κ2) is 11.9.